The summed E-state index contributed by atoms with van der Waals surface area (Å²) in [5.41, 5.74) is 7.17. The maximum Gasteiger partial charge on any atom is 0.119 e. The number of halogens is 1. The highest BCUT2D eigenvalue weighted by atomic mass is 79.9. The Bertz CT molecular complexity index is 428. The van der Waals surface area contributed by atoms with Crippen LogP contribution in [-0.4, -0.2) is 44.4 Å². The lowest BCUT2D eigenvalue weighted by atomic mass is 10.0. The van der Waals surface area contributed by atoms with Crippen molar-refractivity contribution in [2.45, 2.75) is 19.1 Å². The SMILES string of the molecule is COc1ccc(Br)c(C(CN)N2CCOC(C)C2)c1. The average Bonchev–Trinajstić information content (AvgIpc) is 2.42. The summed E-state index contributed by atoms with van der Waals surface area (Å²) >= 11 is 3.61. The Hall–Kier alpha value is -0.620. The first-order valence-electron chi connectivity index (χ1n) is 6.55. The first-order valence-corrected chi connectivity index (χ1v) is 7.34. The lowest BCUT2D eigenvalue weighted by Crippen LogP contribution is -2.45. The molecule has 0 saturated carbocycles. The number of methoxy groups -OCH3 is 1. The van der Waals surface area contributed by atoms with Gasteiger partial charge in [-0.1, -0.05) is 15.9 Å². The van der Waals surface area contributed by atoms with Gasteiger partial charge in [0.05, 0.1) is 19.8 Å². The van der Waals surface area contributed by atoms with Gasteiger partial charge in [-0.15, -0.1) is 0 Å². The van der Waals surface area contributed by atoms with E-state index in [0.29, 0.717) is 6.54 Å². The zero-order valence-corrected chi connectivity index (χ0v) is 13.0. The molecule has 0 spiro atoms. The molecule has 0 bridgehead atoms. The van der Waals surface area contributed by atoms with Gasteiger partial charge in [-0.25, -0.2) is 0 Å². The number of nitrogens with zero attached hydrogens (tertiary/aromatic N) is 1. The Labute approximate surface area is 123 Å². The topological polar surface area (TPSA) is 47.7 Å². The summed E-state index contributed by atoms with van der Waals surface area (Å²) in [6, 6.07) is 6.21. The van der Waals surface area contributed by atoms with Gasteiger partial charge >= 0.3 is 0 Å². The number of rotatable bonds is 4. The van der Waals surface area contributed by atoms with Crippen molar-refractivity contribution in [2.75, 3.05) is 33.4 Å². The van der Waals surface area contributed by atoms with Crippen LogP contribution in [0, 0.1) is 0 Å². The first kappa shape index (κ1) is 14.8. The summed E-state index contributed by atoms with van der Waals surface area (Å²) in [5, 5.41) is 0. The number of nitrogens with two attached hydrogens (primary N) is 1. The fraction of sp³-hybridized carbons (Fsp3) is 0.571. The van der Waals surface area contributed by atoms with Gasteiger partial charge in [0.25, 0.3) is 0 Å². The smallest absolute Gasteiger partial charge is 0.119 e. The van der Waals surface area contributed by atoms with Crippen molar-refractivity contribution in [2.24, 2.45) is 5.73 Å². The second-order valence-electron chi connectivity index (χ2n) is 4.82. The predicted octanol–water partition coefficient (Wildman–Crippen LogP) is 2.18. The molecule has 1 fully saturated rings. The van der Waals surface area contributed by atoms with Crippen molar-refractivity contribution in [1.82, 2.24) is 4.90 Å². The molecule has 0 aromatic heterocycles. The standard InChI is InChI=1S/C14H21BrN2O2/c1-10-9-17(5-6-19-10)14(8-16)12-7-11(18-2)3-4-13(12)15/h3-4,7,10,14H,5-6,8-9,16H2,1-2H3. The van der Waals surface area contributed by atoms with Crippen LogP contribution in [-0.2, 0) is 4.74 Å². The second-order valence-corrected chi connectivity index (χ2v) is 5.67. The molecule has 1 saturated heterocycles. The third-order valence-corrected chi connectivity index (χ3v) is 4.22. The van der Waals surface area contributed by atoms with E-state index in [1.165, 1.54) is 5.56 Å². The van der Waals surface area contributed by atoms with Gasteiger partial charge < -0.3 is 15.2 Å². The molecule has 2 atom stereocenters. The van der Waals surface area contributed by atoms with Crippen LogP contribution in [0.1, 0.15) is 18.5 Å². The highest BCUT2D eigenvalue weighted by molar-refractivity contribution is 9.10. The second kappa shape index (κ2) is 6.70. The molecule has 0 aliphatic carbocycles. The summed E-state index contributed by atoms with van der Waals surface area (Å²) < 4.78 is 12.0. The molecule has 19 heavy (non-hydrogen) atoms. The molecule has 2 N–H and O–H groups in total. The molecule has 1 aliphatic heterocycles. The maximum atomic E-state index is 6.00. The molecule has 1 aromatic carbocycles. The van der Waals surface area contributed by atoms with Crippen LogP contribution in [0.4, 0.5) is 0 Å². The first-order chi connectivity index (χ1) is 9.15. The molecule has 1 aliphatic rings. The lowest BCUT2D eigenvalue weighted by Gasteiger charge is -2.37. The Morgan fingerprint density at radius 1 is 1.58 bits per heavy atom. The van der Waals surface area contributed by atoms with E-state index in [9.17, 15) is 0 Å². The molecule has 4 nitrogen and oxygen atoms in total. The van der Waals surface area contributed by atoms with Crippen LogP contribution >= 0.6 is 15.9 Å². The highest BCUT2D eigenvalue weighted by Gasteiger charge is 2.26. The molecule has 1 aromatic rings. The van der Waals surface area contributed by atoms with Gasteiger partial charge in [-0.3, -0.25) is 4.90 Å². The Balaban J connectivity index is 2.25. The van der Waals surface area contributed by atoms with E-state index in [1.54, 1.807) is 7.11 Å². The van der Waals surface area contributed by atoms with Crippen molar-refractivity contribution in [3.63, 3.8) is 0 Å². The largest absolute Gasteiger partial charge is 0.497 e. The lowest BCUT2D eigenvalue weighted by molar-refractivity contribution is -0.0334. The van der Waals surface area contributed by atoms with Crippen LogP contribution in [0.15, 0.2) is 22.7 Å². The average molecular weight is 329 g/mol. The third-order valence-electron chi connectivity index (χ3n) is 3.50. The zero-order valence-electron chi connectivity index (χ0n) is 11.4. The molecule has 0 radical (unpaired) electrons. The highest BCUT2D eigenvalue weighted by Crippen LogP contribution is 2.31. The van der Waals surface area contributed by atoms with Crippen LogP contribution in [0.3, 0.4) is 0 Å². The monoisotopic (exact) mass is 328 g/mol. The summed E-state index contributed by atoms with van der Waals surface area (Å²) in [4.78, 5) is 2.38. The number of hydrogen-bond donors (Lipinski definition) is 1. The van der Waals surface area contributed by atoms with Gasteiger partial charge in [0.2, 0.25) is 0 Å². The van der Waals surface area contributed by atoms with Crippen molar-refractivity contribution in [3.8, 4) is 5.75 Å². The van der Waals surface area contributed by atoms with E-state index >= 15 is 0 Å². The number of morpholine rings is 1. The van der Waals surface area contributed by atoms with E-state index in [4.69, 9.17) is 15.2 Å². The van der Waals surface area contributed by atoms with Gasteiger partial charge in [0.15, 0.2) is 0 Å². The quantitative estimate of drug-likeness (QED) is 0.920. The number of benzene rings is 1. The molecule has 5 heteroatoms. The Morgan fingerprint density at radius 2 is 2.37 bits per heavy atom. The van der Waals surface area contributed by atoms with Crippen LogP contribution in [0.2, 0.25) is 0 Å². The van der Waals surface area contributed by atoms with E-state index in [1.807, 2.05) is 12.1 Å². The molecule has 1 heterocycles. The van der Waals surface area contributed by atoms with Crippen molar-refractivity contribution in [1.29, 1.82) is 0 Å². The minimum Gasteiger partial charge on any atom is -0.497 e. The Morgan fingerprint density at radius 3 is 3.00 bits per heavy atom. The van der Waals surface area contributed by atoms with Crippen LogP contribution in [0.5, 0.6) is 5.75 Å². The van der Waals surface area contributed by atoms with Gasteiger partial charge in [0.1, 0.15) is 5.75 Å². The van der Waals surface area contributed by atoms with Gasteiger partial charge in [0, 0.05) is 30.1 Å². The molecule has 2 unspecified atom stereocenters. The maximum absolute atomic E-state index is 6.00. The van der Waals surface area contributed by atoms with Crippen LogP contribution in [0.25, 0.3) is 0 Å². The molecule has 106 valence electrons. The van der Waals surface area contributed by atoms with E-state index in [2.05, 4.69) is 33.8 Å². The molecule has 2 rings (SSSR count). The van der Waals surface area contributed by atoms with Gasteiger partial charge in [-0.05, 0) is 30.7 Å². The summed E-state index contributed by atoms with van der Waals surface area (Å²) in [6.07, 6.45) is 0.257. The minimum absolute atomic E-state index is 0.191. The molecular weight excluding hydrogens is 308 g/mol. The van der Waals surface area contributed by atoms with Crippen molar-refractivity contribution < 1.29 is 9.47 Å². The number of hydrogen-bond acceptors (Lipinski definition) is 4. The zero-order chi connectivity index (χ0) is 13.8. The fourth-order valence-corrected chi connectivity index (χ4v) is 3.02. The summed E-state index contributed by atoms with van der Waals surface area (Å²) in [5.74, 6) is 0.859. The van der Waals surface area contributed by atoms with Gasteiger partial charge in [-0.2, -0.15) is 0 Å². The molecule has 0 amide bonds. The van der Waals surface area contributed by atoms with E-state index in [0.717, 1.165) is 29.9 Å². The van der Waals surface area contributed by atoms with E-state index in [-0.39, 0.29) is 12.1 Å². The summed E-state index contributed by atoms with van der Waals surface area (Å²) in [7, 11) is 1.68. The van der Waals surface area contributed by atoms with Crippen molar-refractivity contribution in [3.05, 3.63) is 28.2 Å². The van der Waals surface area contributed by atoms with Crippen LogP contribution < -0.4 is 10.5 Å². The molecular formula is C14H21BrN2O2. The minimum atomic E-state index is 0.191. The third kappa shape index (κ3) is 3.48. The summed E-state index contributed by atoms with van der Waals surface area (Å²) in [6.45, 7) is 5.26. The predicted molar refractivity (Wildman–Crippen MR) is 79.5 cm³/mol. The van der Waals surface area contributed by atoms with Crippen molar-refractivity contribution >= 4 is 15.9 Å². The fourth-order valence-electron chi connectivity index (χ4n) is 2.51. The normalized spacial score (nSPS) is 22.2. The number of ether oxygens (including phenoxy) is 2. The Kier molecular flexibility index (Phi) is 5.21. The van der Waals surface area contributed by atoms with E-state index < -0.39 is 0 Å².